The van der Waals surface area contributed by atoms with E-state index in [0.717, 1.165) is 44.6 Å². The molecule has 0 amide bonds. The molecule has 5 nitrogen and oxygen atoms in total. The number of anilines is 2. The van der Waals surface area contributed by atoms with Crippen LogP contribution in [0.15, 0.2) is 187 Å². The Kier molecular flexibility index (Phi) is 13.8. The van der Waals surface area contributed by atoms with Crippen LogP contribution in [0.25, 0.3) is 38.8 Å². The summed E-state index contributed by atoms with van der Waals surface area (Å²) >= 11 is 0. The first-order valence-corrected chi connectivity index (χ1v) is 25.8. The first kappa shape index (κ1) is 52.2. The van der Waals surface area contributed by atoms with Crippen LogP contribution in [0, 0.1) is 29.6 Å². The quantitative estimate of drug-likeness (QED) is 0.128. The summed E-state index contributed by atoms with van der Waals surface area (Å²) in [4.78, 5) is 9.75. The predicted molar refractivity (Wildman–Crippen MR) is 306 cm³/mol. The molecule has 0 atom stereocenters. The molecular formula is C68H69N4OPt-3. The van der Waals surface area contributed by atoms with Gasteiger partial charge in [-0.05, 0) is 80.1 Å². The van der Waals surface area contributed by atoms with E-state index in [-0.39, 0.29) is 48.1 Å². The van der Waals surface area contributed by atoms with Gasteiger partial charge in [-0.15, -0.1) is 48.1 Å². The van der Waals surface area contributed by atoms with Crippen molar-refractivity contribution in [3.63, 3.8) is 0 Å². The van der Waals surface area contributed by atoms with Gasteiger partial charge in [0, 0.05) is 83.0 Å². The number of hydrogen-bond acceptors (Lipinski definition) is 4. The molecule has 7 aromatic carbocycles. The molecule has 3 heterocycles. The van der Waals surface area contributed by atoms with Gasteiger partial charge >= 0.3 is 0 Å². The van der Waals surface area contributed by atoms with Gasteiger partial charge in [0.05, 0.1) is 0 Å². The number of pyridine rings is 1. The van der Waals surface area contributed by atoms with Crippen molar-refractivity contribution in [2.45, 2.75) is 106 Å². The first-order chi connectivity index (χ1) is 34.6. The molecule has 1 aliphatic rings. The minimum atomic E-state index is -0.275. The minimum absolute atomic E-state index is 0. The molecule has 74 heavy (non-hydrogen) atoms. The Bertz CT molecular complexity index is 3440. The van der Waals surface area contributed by atoms with Crippen molar-refractivity contribution in [1.82, 2.24) is 9.55 Å². The van der Waals surface area contributed by atoms with Gasteiger partial charge in [0.2, 0.25) is 0 Å². The van der Waals surface area contributed by atoms with Crippen molar-refractivity contribution in [2.75, 3.05) is 9.80 Å². The van der Waals surface area contributed by atoms with Crippen molar-refractivity contribution in [3.05, 3.63) is 234 Å². The van der Waals surface area contributed by atoms with E-state index in [9.17, 15) is 0 Å². The Morgan fingerprint density at radius 1 is 0.446 bits per heavy atom. The number of fused-ring (bicyclic) bond motifs is 3. The zero-order valence-corrected chi connectivity index (χ0v) is 47.6. The Morgan fingerprint density at radius 2 is 1.01 bits per heavy atom. The van der Waals surface area contributed by atoms with Gasteiger partial charge < -0.3 is 19.1 Å². The van der Waals surface area contributed by atoms with Crippen LogP contribution >= 0.6 is 0 Å². The smallest absolute Gasteiger partial charge is 0.135 e. The Labute approximate surface area is 455 Å². The summed E-state index contributed by atoms with van der Waals surface area (Å²) < 4.78 is 9.07. The van der Waals surface area contributed by atoms with Gasteiger partial charge in [-0.3, -0.25) is 0 Å². The molecule has 380 valence electrons. The third-order valence-corrected chi connectivity index (χ3v) is 14.8. The number of benzene rings is 7. The van der Waals surface area contributed by atoms with E-state index in [1.807, 2.05) is 18.3 Å². The summed E-state index contributed by atoms with van der Waals surface area (Å²) in [5.74, 6) is 2.04. The zero-order valence-electron chi connectivity index (χ0n) is 45.3. The number of hydrogen-bond donors (Lipinski definition) is 0. The molecule has 0 aliphatic carbocycles. The topological polar surface area (TPSA) is 33.5 Å². The van der Waals surface area contributed by atoms with Crippen LogP contribution < -0.4 is 14.5 Å². The van der Waals surface area contributed by atoms with E-state index >= 15 is 0 Å². The fourth-order valence-corrected chi connectivity index (χ4v) is 10.6. The Morgan fingerprint density at radius 3 is 1.59 bits per heavy atom. The van der Waals surface area contributed by atoms with E-state index in [0.29, 0.717) is 11.5 Å². The molecule has 0 spiro atoms. The second-order valence-corrected chi connectivity index (χ2v) is 24.0. The van der Waals surface area contributed by atoms with E-state index in [4.69, 9.17) is 9.72 Å². The van der Waals surface area contributed by atoms with Crippen LogP contribution in [-0.2, 0) is 37.3 Å². The summed E-state index contributed by atoms with van der Waals surface area (Å²) in [5, 5.41) is 2.21. The van der Waals surface area contributed by atoms with E-state index < -0.39 is 0 Å². The summed E-state index contributed by atoms with van der Waals surface area (Å²) in [6.07, 6.45) is 1.92. The minimum Gasteiger partial charge on any atom is -0.509 e. The maximum Gasteiger partial charge on any atom is 0.135 e. The second kappa shape index (κ2) is 19.5. The molecule has 0 bridgehead atoms. The number of nitrogens with zero attached hydrogens (tertiary/aromatic N) is 4. The third-order valence-electron chi connectivity index (χ3n) is 14.8. The monoisotopic (exact) mass is 1150 g/mol. The average molecular weight is 1150 g/mol. The van der Waals surface area contributed by atoms with E-state index in [1.165, 1.54) is 44.8 Å². The van der Waals surface area contributed by atoms with Gasteiger partial charge in [0.15, 0.2) is 0 Å². The maximum absolute atomic E-state index is 6.85. The zero-order chi connectivity index (χ0) is 51.7. The first-order valence-electron chi connectivity index (χ1n) is 25.8. The Balaban J connectivity index is 0.00000672. The predicted octanol–water partition coefficient (Wildman–Crippen LogP) is 17.9. The molecule has 0 radical (unpaired) electrons. The molecule has 0 saturated carbocycles. The van der Waals surface area contributed by atoms with Crippen LogP contribution in [0.3, 0.4) is 0 Å². The SMILES string of the molecule is CC(C)(C)C1=C(C(C)(C)C)N(c2cc(C(C)(C)c3ccccc3)cc(C(C)(C)c3ccccc3)c2)[CH-]N1c1[c-]c(Oc2[c-]c3c(cc2)c2cc(-c4ccccc4)ccc2n3-c2cc(C(C)(C)C)ccn2)ccc1.[Pt]. The summed E-state index contributed by atoms with van der Waals surface area (Å²) in [5.41, 5.74) is 13.9. The molecule has 6 heteroatoms. The van der Waals surface area contributed by atoms with Gasteiger partial charge in [-0.25, -0.2) is 4.98 Å². The van der Waals surface area contributed by atoms with Gasteiger partial charge in [0.25, 0.3) is 0 Å². The van der Waals surface area contributed by atoms with Crippen molar-refractivity contribution in [3.8, 4) is 28.4 Å². The van der Waals surface area contributed by atoms with Gasteiger partial charge in [0.1, 0.15) is 5.82 Å². The third kappa shape index (κ3) is 9.89. The number of ether oxygens (including phenoxy) is 1. The van der Waals surface area contributed by atoms with E-state index in [2.05, 4.69) is 281 Å². The molecule has 9 aromatic rings. The van der Waals surface area contributed by atoms with Crippen LogP contribution in [0.4, 0.5) is 11.4 Å². The summed E-state index contributed by atoms with van der Waals surface area (Å²) in [6.45, 7) is 32.3. The maximum atomic E-state index is 6.85. The normalized spacial score (nSPS) is 13.7. The van der Waals surface area contributed by atoms with Gasteiger partial charge in [-0.2, -0.15) is 12.1 Å². The largest absolute Gasteiger partial charge is 0.509 e. The van der Waals surface area contributed by atoms with Gasteiger partial charge in [-0.1, -0.05) is 205 Å². The summed E-state index contributed by atoms with van der Waals surface area (Å²) in [7, 11) is 0. The summed E-state index contributed by atoms with van der Waals surface area (Å²) in [6, 6.07) is 68.5. The van der Waals surface area contributed by atoms with E-state index in [1.54, 1.807) is 0 Å². The molecule has 1 aliphatic heterocycles. The number of rotatable bonds is 10. The molecule has 0 N–H and O–H groups in total. The molecule has 2 aromatic heterocycles. The molecule has 0 saturated heterocycles. The molecule has 0 fully saturated rings. The molecule has 0 unspecified atom stereocenters. The van der Waals surface area contributed by atoms with Crippen molar-refractivity contribution in [2.24, 2.45) is 10.8 Å². The van der Waals surface area contributed by atoms with Crippen LogP contribution in [0.2, 0.25) is 0 Å². The van der Waals surface area contributed by atoms with Crippen LogP contribution in [0.5, 0.6) is 11.5 Å². The van der Waals surface area contributed by atoms with Crippen molar-refractivity contribution in [1.29, 1.82) is 0 Å². The fourth-order valence-electron chi connectivity index (χ4n) is 10.6. The fraction of sp³-hybridized carbons (Fsp3) is 0.265. The van der Waals surface area contributed by atoms with Crippen LogP contribution in [0.1, 0.15) is 118 Å². The van der Waals surface area contributed by atoms with Crippen LogP contribution in [-0.4, -0.2) is 9.55 Å². The van der Waals surface area contributed by atoms with Crippen molar-refractivity contribution >= 4 is 33.2 Å². The number of allylic oxidation sites excluding steroid dienone is 2. The second-order valence-electron chi connectivity index (χ2n) is 24.0. The average Bonchev–Trinajstić information content (AvgIpc) is 3.95. The number of aromatic nitrogens is 2. The van der Waals surface area contributed by atoms with Crippen molar-refractivity contribution < 1.29 is 25.8 Å². The molecule has 10 rings (SSSR count). The Hall–Kier alpha value is -6.68. The standard InChI is InChI=1S/C68H69N4O.Pt/c1-64(2,3)50-36-37-69-61(42-50)72-59-35-32-47(46-24-17-14-18-25-46)38-58(59)57-34-33-56(44-60(57)72)73-55-31-23-30-53(43-55)70-45-71(63(66(7,8)9)62(70)65(4,5)6)54-40-51(67(10,11)48-26-19-15-20-27-48)39-52(41-54)68(12,13)49-28-21-16-22-29-49;/h14-42,45H,1-13H3;/q-3;. The molecular weight excluding hydrogens is 1080 g/mol.